The van der Waals surface area contributed by atoms with Gasteiger partial charge < -0.3 is 19.7 Å². The predicted molar refractivity (Wildman–Crippen MR) is 150 cm³/mol. The minimum absolute atomic E-state index is 0.242. The summed E-state index contributed by atoms with van der Waals surface area (Å²) in [6, 6.07) is 11.9. The molecule has 1 N–H and O–H groups in total. The average molecular weight is 629 g/mol. The standard InChI is InChI=1S/C28H26BrN3O7S/c1-15(2)16-7-9-18(10-8-16)38-12-21(33)30-22-26(36)32-23(17(11-29)13-40-27(22)32)28(37)39-14-31-24(34)19-5-3-4-6-20(19)25(31)35/h3-10,13,15,22-23,27H,11-12,14H2,1-2H3,(H,30,33)/t22?,23?,27-/m0/s1. The molecule has 4 amide bonds. The van der Waals surface area contributed by atoms with Crippen molar-refractivity contribution >= 4 is 57.3 Å². The molecule has 2 aromatic rings. The zero-order valence-corrected chi connectivity index (χ0v) is 24.1. The first-order valence-corrected chi connectivity index (χ1v) is 14.6. The van der Waals surface area contributed by atoms with Gasteiger partial charge in [0.15, 0.2) is 19.4 Å². The Morgan fingerprint density at radius 1 is 1.02 bits per heavy atom. The molecule has 5 rings (SSSR count). The molecule has 0 saturated carbocycles. The molecule has 1 fully saturated rings. The Balaban J connectivity index is 1.18. The molecule has 3 atom stereocenters. The Labute approximate surface area is 243 Å². The number of rotatable bonds is 9. The summed E-state index contributed by atoms with van der Waals surface area (Å²) in [5, 5.41) is 4.21. The summed E-state index contributed by atoms with van der Waals surface area (Å²) in [5.41, 5.74) is 2.22. The predicted octanol–water partition coefficient (Wildman–Crippen LogP) is 3.03. The summed E-state index contributed by atoms with van der Waals surface area (Å²) < 4.78 is 10.9. The molecule has 3 aliphatic heterocycles. The Morgan fingerprint density at radius 3 is 2.27 bits per heavy atom. The lowest BCUT2D eigenvalue weighted by atomic mass is 9.99. The van der Waals surface area contributed by atoms with E-state index in [9.17, 15) is 24.0 Å². The van der Waals surface area contributed by atoms with Gasteiger partial charge in [-0.3, -0.25) is 19.2 Å². The lowest BCUT2D eigenvalue weighted by Crippen LogP contribution is -2.74. The van der Waals surface area contributed by atoms with Crippen molar-refractivity contribution in [1.29, 1.82) is 0 Å². The Bertz CT molecular complexity index is 1380. The van der Waals surface area contributed by atoms with Gasteiger partial charge in [-0.1, -0.05) is 54.0 Å². The van der Waals surface area contributed by atoms with Crippen LogP contribution in [0.2, 0.25) is 0 Å². The van der Waals surface area contributed by atoms with E-state index in [1.165, 1.54) is 28.8 Å². The molecular formula is C28H26BrN3O7S. The molecule has 0 spiro atoms. The van der Waals surface area contributed by atoms with E-state index < -0.39 is 53.8 Å². The number of benzene rings is 2. The third-order valence-corrected chi connectivity index (χ3v) is 8.76. The summed E-state index contributed by atoms with van der Waals surface area (Å²) in [5.74, 6) is -1.88. The molecule has 2 aromatic carbocycles. The molecule has 2 unspecified atom stereocenters. The smallest absolute Gasteiger partial charge is 0.335 e. The van der Waals surface area contributed by atoms with E-state index in [1.807, 2.05) is 12.1 Å². The van der Waals surface area contributed by atoms with Crippen molar-refractivity contribution in [1.82, 2.24) is 15.1 Å². The van der Waals surface area contributed by atoms with Crippen molar-refractivity contribution in [3.05, 3.63) is 76.2 Å². The number of imide groups is 1. The van der Waals surface area contributed by atoms with Gasteiger partial charge in [0.2, 0.25) is 5.91 Å². The molecule has 3 heterocycles. The lowest BCUT2D eigenvalue weighted by Gasteiger charge is -2.51. The molecule has 0 aromatic heterocycles. The minimum atomic E-state index is -1.06. The van der Waals surface area contributed by atoms with Gasteiger partial charge in [-0.15, -0.1) is 11.8 Å². The van der Waals surface area contributed by atoms with Gasteiger partial charge in [0.1, 0.15) is 17.2 Å². The molecule has 12 heteroatoms. The molecule has 3 aliphatic rings. The molecule has 40 heavy (non-hydrogen) atoms. The number of amides is 4. The molecule has 0 radical (unpaired) electrons. The number of ether oxygens (including phenoxy) is 2. The highest BCUT2D eigenvalue weighted by molar-refractivity contribution is 9.09. The first-order chi connectivity index (χ1) is 19.2. The summed E-state index contributed by atoms with van der Waals surface area (Å²) in [7, 11) is 0. The van der Waals surface area contributed by atoms with Crippen LogP contribution in [0.25, 0.3) is 0 Å². The second-order valence-electron chi connectivity index (χ2n) is 9.74. The number of carbonyl (C=O) groups is 5. The first-order valence-electron chi connectivity index (χ1n) is 12.6. The van der Waals surface area contributed by atoms with E-state index in [4.69, 9.17) is 9.47 Å². The highest BCUT2D eigenvalue weighted by Crippen LogP contribution is 2.41. The Morgan fingerprint density at radius 2 is 1.68 bits per heavy atom. The molecule has 0 aliphatic carbocycles. The zero-order valence-electron chi connectivity index (χ0n) is 21.7. The fraction of sp³-hybridized carbons (Fsp3) is 0.321. The van der Waals surface area contributed by atoms with Crippen LogP contribution in [-0.2, 0) is 19.1 Å². The summed E-state index contributed by atoms with van der Waals surface area (Å²) >= 11 is 4.65. The molecule has 208 valence electrons. The van der Waals surface area contributed by atoms with Gasteiger partial charge in [-0.2, -0.15) is 0 Å². The second kappa shape index (κ2) is 11.5. The number of nitrogens with zero attached hydrogens (tertiary/aromatic N) is 2. The van der Waals surface area contributed by atoms with Crippen LogP contribution in [-0.4, -0.2) is 75.5 Å². The normalized spacial score (nSPS) is 21.4. The third-order valence-electron chi connectivity index (χ3n) is 6.89. The van der Waals surface area contributed by atoms with E-state index in [1.54, 1.807) is 29.7 Å². The number of alkyl halides is 1. The second-order valence-corrected chi connectivity index (χ2v) is 11.3. The SMILES string of the molecule is CC(C)c1ccc(OCC(=O)NC2C(=O)N3C(C(=O)OCN4C(=O)c5ccccc5C4=O)C(CBr)=CS[C@@H]23)cc1. The topological polar surface area (TPSA) is 122 Å². The van der Waals surface area contributed by atoms with Crippen molar-refractivity contribution in [3.8, 4) is 5.75 Å². The van der Waals surface area contributed by atoms with Crippen LogP contribution in [0.4, 0.5) is 0 Å². The Kier molecular flexibility index (Phi) is 7.99. The van der Waals surface area contributed by atoms with Crippen molar-refractivity contribution in [2.45, 2.75) is 37.2 Å². The van der Waals surface area contributed by atoms with Crippen LogP contribution in [0.3, 0.4) is 0 Å². The van der Waals surface area contributed by atoms with E-state index in [2.05, 4.69) is 35.1 Å². The monoisotopic (exact) mass is 627 g/mol. The van der Waals surface area contributed by atoms with Crippen LogP contribution in [0.5, 0.6) is 5.75 Å². The summed E-state index contributed by atoms with van der Waals surface area (Å²) in [6.45, 7) is 3.32. The highest BCUT2D eigenvalue weighted by atomic mass is 79.9. The van der Waals surface area contributed by atoms with E-state index in [-0.39, 0.29) is 17.7 Å². The number of thioether (sulfide) groups is 1. The van der Waals surface area contributed by atoms with Gasteiger partial charge >= 0.3 is 5.97 Å². The molecule has 0 bridgehead atoms. The number of halogens is 1. The number of carbonyl (C=O) groups excluding carboxylic acids is 5. The molecule has 1 saturated heterocycles. The van der Waals surface area contributed by atoms with Crippen LogP contribution in [0, 0.1) is 0 Å². The van der Waals surface area contributed by atoms with Crippen LogP contribution in [0.15, 0.2) is 59.5 Å². The van der Waals surface area contributed by atoms with E-state index >= 15 is 0 Å². The maximum atomic E-state index is 13.2. The maximum absolute atomic E-state index is 13.2. The van der Waals surface area contributed by atoms with E-state index in [0.29, 0.717) is 22.6 Å². The van der Waals surface area contributed by atoms with Gasteiger partial charge in [-0.25, -0.2) is 9.69 Å². The summed E-state index contributed by atoms with van der Waals surface area (Å²) in [6.07, 6.45) is 0. The molecular weight excluding hydrogens is 602 g/mol. The van der Waals surface area contributed by atoms with Crippen molar-refractivity contribution in [2.75, 3.05) is 18.7 Å². The van der Waals surface area contributed by atoms with Crippen LogP contribution >= 0.6 is 27.7 Å². The fourth-order valence-electron chi connectivity index (χ4n) is 4.68. The summed E-state index contributed by atoms with van der Waals surface area (Å²) in [4.78, 5) is 66.2. The van der Waals surface area contributed by atoms with Crippen molar-refractivity contribution in [2.24, 2.45) is 0 Å². The van der Waals surface area contributed by atoms with Gasteiger partial charge in [0, 0.05) is 5.33 Å². The van der Waals surface area contributed by atoms with Gasteiger partial charge in [-0.05, 0) is 46.7 Å². The van der Waals surface area contributed by atoms with Crippen molar-refractivity contribution < 1.29 is 33.4 Å². The van der Waals surface area contributed by atoms with E-state index in [0.717, 1.165) is 10.5 Å². The van der Waals surface area contributed by atoms with Gasteiger partial charge in [0.25, 0.3) is 17.7 Å². The van der Waals surface area contributed by atoms with Crippen LogP contribution in [0.1, 0.15) is 46.0 Å². The quantitative estimate of drug-likeness (QED) is 0.195. The number of hydrogen-bond donors (Lipinski definition) is 1. The minimum Gasteiger partial charge on any atom is -0.484 e. The molecule has 10 nitrogen and oxygen atoms in total. The number of β-lactam (4-membered cyclic amide) rings is 1. The number of nitrogens with one attached hydrogen (secondary N) is 1. The number of esters is 1. The van der Waals surface area contributed by atoms with Gasteiger partial charge in [0.05, 0.1) is 11.1 Å². The van der Waals surface area contributed by atoms with Crippen molar-refractivity contribution in [3.63, 3.8) is 0 Å². The first kappa shape index (κ1) is 27.9. The average Bonchev–Trinajstić information content (AvgIpc) is 3.21. The number of hydrogen-bond acceptors (Lipinski definition) is 8. The Hall–Kier alpha value is -3.64. The largest absolute Gasteiger partial charge is 0.484 e. The fourth-order valence-corrected chi connectivity index (χ4v) is 6.59. The number of fused-ring (bicyclic) bond motifs is 2. The zero-order chi connectivity index (χ0) is 28.6. The highest BCUT2D eigenvalue weighted by Gasteiger charge is 2.56. The maximum Gasteiger partial charge on any atom is 0.335 e. The third kappa shape index (κ3) is 5.13. The van der Waals surface area contributed by atoms with Crippen LogP contribution < -0.4 is 10.1 Å². The lowest BCUT2D eigenvalue weighted by molar-refractivity contribution is -0.164.